The second-order valence-corrected chi connectivity index (χ2v) is 7.27. The molecule has 3 aromatic rings. The summed E-state index contributed by atoms with van der Waals surface area (Å²) in [5.74, 6) is -0.0550. The van der Waals surface area contributed by atoms with Gasteiger partial charge in [-0.05, 0) is 29.1 Å². The van der Waals surface area contributed by atoms with E-state index < -0.39 is 11.2 Å². The number of nitrogens with two attached hydrogens (primary N) is 1. The third-order valence-corrected chi connectivity index (χ3v) is 5.67. The summed E-state index contributed by atoms with van der Waals surface area (Å²) in [7, 11) is 1.86. The summed E-state index contributed by atoms with van der Waals surface area (Å²) in [6.07, 6.45) is 0.680. The van der Waals surface area contributed by atoms with Gasteiger partial charge in [0.1, 0.15) is 16.9 Å². The lowest BCUT2D eigenvalue weighted by molar-refractivity contribution is -0.117. The van der Waals surface area contributed by atoms with Crippen LogP contribution < -0.4 is 5.73 Å². The van der Waals surface area contributed by atoms with Gasteiger partial charge in [-0.15, -0.1) is 21.5 Å². The maximum atomic E-state index is 13.1. The molecule has 0 bridgehead atoms. The Hall–Kier alpha value is -2.19. The Morgan fingerprint density at radius 2 is 2.08 bits per heavy atom. The molecule has 0 saturated heterocycles. The van der Waals surface area contributed by atoms with E-state index >= 15 is 0 Å². The molecule has 0 aliphatic heterocycles. The number of benzene rings is 1. The van der Waals surface area contributed by atoms with Gasteiger partial charge >= 0.3 is 0 Å². The zero-order valence-corrected chi connectivity index (χ0v) is 14.5. The maximum absolute atomic E-state index is 13.1. The number of thiophene rings is 1. The maximum Gasteiger partial charge on any atom is 0.235 e. The van der Waals surface area contributed by atoms with Crippen molar-refractivity contribution < 1.29 is 9.18 Å². The number of halogens is 1. The van der Waals surface area contributed by atoms with Gasteiger partial charge in [0.05, 0.1) is 0 Å². The Bertz CT molecular complexity index is 830. The van der Waals surface area contributed by atoms with Crippen LogP contribution in [0.5, 0.6) is 0 Å². The van der Waals surface area contributed by atoms with E-state index in [-0.39, 0.29) is 5.82 Å². The third kappa shape index (κ3) is 3.65. The van der Waals surface area contributed by atoms with Crippen LogP contribution in [0.2, 0.25) is 0 Å². The fourth-order valence-electron chi connectivity index (χ4n) is 2.20. The van der Waals surface area contributed by atoms with Crippen LogP contribution in [0.4, 0.5) is 4.39 Å². The summed E-state index contributed by atoms with van der Waals surface area (Å²) in [6, 6.07) is 9.76. The molecule has 2 N–H and O–H groups in total. The first-order valence-electron chi connectivity index (χ1n) is 7.16. The lowest BCUT2D eigenvalue weighted by Gasteiger charge is -2.13. The van der Waals surface area contributed by atoms with Crippen molar-refractivity contribution in [3.05, 3.63) is 63.9 Å². The van der Waals surface area contributed by atoms with E-state index in [0.29, 0.717) is 17.1 Å². The molecule has 1 unspecified atom stereocenters. The molecular formula is C16H15FN4OS2. The summed E-state index contributed by atoms with van der Waals surface area (Å²) in [5, 5.41) is 10.3. The highest BCUT2D eigenvalue weighted by molar-refractivity contribution is 8.00. The molecule has 0 spiro atoms. The Balaban J connectivity index is 1.81. The van der Waals surface area contributed by atoms with Crippen LogP contribution in [0.1, 0.15) is 21.5 Å². The van der Waals surface area contributed by atoms with Crippen molar-refractivity contribution in [3.63, 3.8) is 0 Å². The van der Waals surface area contributed by atoms with Crippen molar-refractivity contribution in [2.24, 2.45) is 12.8 Å². The highest BCUT2D eigenvalue weighted by Crippen LogP contribution is 2.34. The van der Waals surface area contributed by atoms with E-state index in [2.05, 4.69) is 10.2 Å². The number of hydrogen-bond acceptors (Lipinski definition) is 5. The van der Waals surface area contributed by atoms with Crippen LogP contribution in [-0.2, 0) is 18.3 Å². The Labute approximate surface area is 146 Å². The van der Waals surface area contributed by atoms with Crippen molar-refractivity contribution in [2.75, 3.05) is 0 Å². The van der Waals surface area contributed by atoms with E-state index in [9.17, 15) is 9.18 Å². The van der Waals surface area contributed by atoms with Gasteiger partial charge in [-0.3, -0.25) is 4.79 Å². The smallest absolute Gasteiger partial charge is 0.235 e. The monoisotopic (exact) mass is 362 g/mol. The number of carbonyl (C=O) groups is 1. The molecule has 2 aromatic heterocycles. The van der Waals surface area contributed by atoms with Crippen molar-refractivity contribution in [3.8, 4) is 0 Å². The summed E-state index contributed by atoms with van der Waals surface area (Å²) in [5.41, 5.74) is 6.15. The van der Waals surface area contributed by atoms with Gasteiger partial charge in [-0.25, -0.2) is 4.39 Å². The van der Waals surface area contributed by atoms with Crippen molar-refractivity contribution in [1.29, 1.82) is 0 Å². The number of hydrogen-bond donors (Lipinski definition) is 1. The second-order valence-electron chi connectivity index (χ2n) is 5.17. The predicted molar refractivity (Wildman–Crippen MR) is 92.3 cm³/mol. The van der Waals surface area contributed by atoms with Gasteiger partial charge in [0, 0.05) is 18.3 Å². The standard InChI is InChI=1S/C16H15FN4OS2/c1-21-13(9-12-3-2-8-23-12)19-20-16(21)24-14(15(18)22)10-4-6-11(17)7-5-10/h2-8,14H,9H2,1H3,(H2,18,22). The fraction of sp³-hybridized carbons (Fsp3) is 0.188. The first kappa shape index (κ1) is 16.7. The summed E-state index contributed by atoms with van der Waals surface area (Å²) in [4.78, 5) is 13.0. The average molecular weight is 362 g/mol. The summed E-state index contributed by atoms with van der Waals surface area (Å²) >= 11 is 2.87. The van der Waals surface area contributed by atoms with Crippen molar-refractivity contribution in [1.82, 2.24) is 14.8 Å². The topological polar surface area (TPSA) is 73.8 Å². The Kier molecular flexibility index (Phi) is 4.96. The van der Waals surface area contributed by atoms with Crippen LogP contribution in [0.15, 0.2) is 46.9 Å². The summed E-state index contributed by atoms with van der Waals surface area (Å²) in [6.45, 7) is 0. The van der Waals surface area contributed by atoms with E-state index in [0.717, 1.165) is 5.82 Å². The normalized spacial score (nSPS) is 12.2. The molecule has 24 heavy (non-hydrogen) atoms. The van der Waals surface area contributed by atoms with Gasteiger partial charge in [0.25, 0.3) is 0 Å². The summed E-state index contributed by atoms with van der Waals surface area (Å²) < 4.78 is 14.9. The van der Waals surface area contributed by atoms with Crippen LogP contribution in [0.3, 0.4) is 0 Å². The molecule has 0 radical (unpaired) electrons. The van der Waals surface area contributed by atoms with Gasteiger partial charge in [-0.1, -0.05) is 30.0 Å². The first-order valence-corrected chi connectivity index (χ1v) is 8.92. The minimum atomic E-state index is -0.650. The SMILES string of the molecule is Cn1c(Cc2cccs2)nnc1SC(C(N)=O)c1ccc(F)cc1. The minimum absolute atomic E-state index is 0.358. The number of primary amides is 1. The Morgan fingerprint density at radius 1 is 1.33 bits per heavy atom. The molecule has 5 nitrogen and oxygen atoms in total. The molecule has 2 heterocycles. The van der Waals surface area contributed by atoms with Crippen molar-refractivity contribution >= 4 is 29.0 Å². The van der Waals surface area contributed by atoms with E-state index in [4.69, 9.17) is 5.73 Å². The van der Waals surface area contributed by atoms with E-state index in [1.807, 2.05) is 29.1 Å². The van der Waals surface area contributed by atoms with Gasteiger partial charge in [0.2, 0.25) is 5.91 Å². The molecule has 1 aromatic carbocycles. The molecule has 0 aliphatic rings. The van der Waals surface area contributed by atoms with Gasteiger partial charge in [0.15, 0.2) is 5.16 Å². The number of amides is 1. The van der Waals surface area contributed by atoms with Crippen LogP contribution in [-0.4, -0.2) is 20.7 Å². The molecule has 124 valence electrons. The number of carbonyl (C=O) groups excluding carboxylic acids is 1. The lowest BCUT2D eigenvalue weighted by atomic mass is 10.1. The number of thioether (sulfide) groups is 1. The average Bonchev–Trinajstić information content (AvgIpc) is 3.18. The van der Waals surface area contributed by atoms with Gasteiger partial charge < -0.3 is 10.3 Å². The number of rotatable bonds is 6. The molecular weight excluding hydrogens is 347 g/mol. The molecule has 3 rings (SSSR count). The second kappa shape index (κ2) is 7.14. The lowest BCUT2D eigenvalue weighted by Crippen LogP contribution is -2.19. The van der Waals surface area contributed by atoms with Crippen LogP contribution in [0, 0.1) is 5.82 Å². The molecule has 0 saturated carbocycles. The molecule has 1 atom stereocenters. The fourth-order valence-corrected chi connectivity index (χ4v) is 3.88. The molecule has 1 amide bonds. The quantitative estimate of drug-likeness (QED) is 0.684. The highest BCUT2D eigenvalue weighted by atomic mass is 32.2. The first-order chi connectivity index (χ1) is 11.5. The molecule has 8 heteroatoms. The predicted octanol–water partition coefficient (Wildman–Crippen LogP) is 2.93. The van der Waals surface area contributed by atoms with E-state index in [1.165, 1.54) is 28.8 Å². The zero-order valence-electron chi connectivity index (χ0n) is 12.8. The van der Waals surface area contributed by atoms with Crippen molar-refractivity contribution in [2.45, 2.75) is 16.8 Å². The molecule has 0 aliphatic carbocycles. The largest absolute Gasteiger partial charge is 0.368 e. The minimum Gasteiger partial charge on any atom is -0.368 e. The molecule has 0 fully saturated rings. The Morgan fingerprint density at radius 3 is 2.71 bits per heavy atom. The highest BCUT2D eigenvalue weighted by Gasteiger charge is 2.23. The zero-order chi connectivity index (χ0) is 17.1. The number of nitrogens with zero attached hydrogens (tertiary/aromatic N) is 3. The number of aromatic nitrogens is 3. The van der Waals surface area contributed by atoms with Crippen LogP contribution in [0.25, 0.3) is 0 Å². The van der Waals surface area contributed by atoms with Crippen LogP contribution >= 0.6 is 23.1 Å². The van der Waals surface area contributed by atoms with Gasteiger partial charge in [-0.2, -0.15) is 0 Å². The third-order valence-electron chi connectivity index (χ3n) is 3.49. The van der Waals surface area contributed by atoms with E-state index in [1.54, 1.807) is 23.5 Å².